The number of aryl methyl sites for hydroxylation is 2. The molecule has 1 aliphatic carbocycles. The molecule has 1 nitrogen and oxygen atoms in total. The molecule has 0 saturated carbocycles. The molecule has 0 N–H and O–H groups in total. The first kappa shape index (κ1) is 9.17. The van der Waals surface area contributed by atoms with Gasteiger partial charge in [0.1, 0.15) is 0 Å². The van der Waals surface area contributed by atoms with Crippen molar-refractivity contribution in [3.63, 3.8) is 0 Å². The first-order valence-electron chi connectivity index (χ1n) is 6.23. The van der Waals surface area contributed by atoms with Gasteiger partial charge in [-0.2, -0.15) is 0 Å². The van der Waals surface area contributed by atoms with Crippen molar-refractivity contribution in [3.8, 4) is 0 Å². The van der Waals surface area contributed by atoms with Gasteiger partial charge >= 0.3 is 0 Å². The topological polar surface area (TPSA) is 12.9 Å². The Morgan fingerprint density at radius 2 is 1.71 bits per heavy atom. The number of para-hydroxylation sites is 1. The molecule has 3 aromatic rings. The van der Waals surface area contributed by atoms with Crippen LogP contribution in [0.2, 0.25) is 0 Å². The van der Waals surface area contributed by atoms with Crippen molar-refractivity contribution in [3.05, 3.63) is 53.6 Å². The van der Waals surface area contributed by atoms with Gasteiger partial charge in [-0.05, 0) is 42.5 Å². The number of aromatic nitrogens is 1. The fourth-order valence-corrected chi connectivity index (χ4v) is 3.04. The van der Waals surface area contributed by atoms with Crippen molar-refractivity contribution in [2.75, 3.05) is 0 Å². The zero-order chi connectivity index (χ0) is 11.2. The smallest absolute Gasteiger partial charge is 0.0715 e. The van der Waals surface area contributed by atoms with Gasteiger partial charge in [-0.15, -0.1) is 0 Å². The van der Waals surface area contributed by atoms with E-state index in [9.17, 15) is 0 Å². The van der Waals surface area contributed by atoms with Gasteiger partial charge in [0.15, 0.2) is 0 Å². The summed E-state index contributed by atoms with van der Waals surface area (Å²) in [5, 5.41) is 2.75. The van der Waals surface area contributed by atoms with Gasteiger partial charge in [-0.3, -0.25) is 0 Å². The molecule has 17 heavy (non-hydrogen) atoms. The lowest BCUT2D eigenvalue weighted by atomic mass is 9.88. The third-order valence-corrected chi connectivity index (χ3v) is 3.77. The van der Waals surface area contributed by atoms with Crippen LogP contribution >= 0.6 is 0 Å². The highest BCUT2D eigenvalue weighted by Gasteiger charge is 2.15. The highest BCUT2D eigenvalue weighted by molar-refractivity contribution is 5.99. The van der Waals surface area contributed by atoms with Crippen LogP contribution in [0, 0.1) is 0 Å². The molecular formula is C16H13N. The molecular weight excluding hydrogens is 206 g/mol. The van der Waals surface area contributed by atoms with Crippen LogP contribution in [-0.4, -0.2) is 4.98 Å². The molecule has 1 heteroatoms. The van der Waals surface area contributed by atoms with Crippen LogP contribution in [0.15, 0.2) is 42.5 Å². The summed E-state index contributed by atoms with van der Waals surface area (Å²) in [6.07, 6.45) is 3.65. The second-order valence-corrected chi connectivity index (χ2v) is 4.77. The lowest BCUT2D eigenvalue weighted by Crippen LogP contribution is -2.03. The van der Waals surface area contributed by atoms with Crippen molar-refractivity contribution in [1.82, 2.24) is 4.98 Å². The molecule has 0 amide bonds. The van der Waals surface area contributed by atoms with Gasteiger partial charge in [0, 0.05) is 10.8 Å². The highest BCUT2D eigenvalue weighted by atomic mass is 14.7. The Labute approximate surface area is 100 Å². The standard InChI is InChI=1S/C16H13N/c1-2-9-14-12(7-1)13-8-3-5-11-6-4-10-15(17-14)16(11)13/h1-2,4,6-7,9-10H,3,5,8H2. The SMILES string of the molecule is c1ccc2c3c4c(cccc4nc2c1)CCC3. The predicted octanol–water partition coefficient (Wildman–Crippen LogP) is 3.88. The molecule has 1 aromatic heterocycles. The Kier molecular flexibility index (Phi) is 1.78. The molecule has 1 heterocycles. The van der Waals surface area contributed by atoms with E-state index in [1.165, 1.54) is 41.2 Å². The molecule has 0 aliphatic heterocycles. The van der Waals surface area contributed by atoms with Gasteiger partial charge in [0.05, 0.1) is 11.0 Å². The maximum Gasteiger partial charge on any atom is 0.0715 e. The van der Waals surface area contributed by atoms with Crippen molar-refractivity contribution in [1.29, 1.82) is 0 Å². The van der Waals surface area contributed by atoms with Crippen LogP contribution in [0.4, 0.5) is 0 Å². The van der Waals surface area contributed by atoms with Crippen molar-refractivity contribution in [2.45, 2.75) is 19.3 Å². The first-order valence-corrected chi connectivity index (χ1v) is 6.23. The summed E-state index contributed by atoms with van der Waals surface area (Å²) in [4.78, 5) is 4.78. The van der Waals surface area contributed by atoms with E-state index in [0.717, 1.165) is 11.0 Å². The normalized spacial score (nSPS) is 14.4. The Bertz CT molecular complexity index is 728. The average Bonchev–Trinajstić information content (AvgIpc) is 2.39. The molecule has 0 spiro atoms. The number of hydrogen-bond donors (Lipinski definition) is 0. The third kappa shape index (κ3) is 1.22. The molecule has 0 fully saturated rings. The monoisotopic (exact) mass is 219 g/mol. The van der Waals surface area contributed by atoms with Gasteiger partial charge in [-0.25, -0.2) is 4.98 Å². The summed E-state index contributed by atoms with van der Waals surface area (Å²) in [5.41, 5.74) is 5.28. The third-order valence-electron chi connectivity index (χ3n) is 3.77. The Morgan fingerprint density at radius 1 is 0.824 bits per heavy atom. The summed E-state index contributed by atoms with van der Waals surface area (Å²) >= 11 is 0. The van der Waals surface area contributed by atoms with Gasteiger partial charge in [0.2, 0.25) is 0 Å². The molecule has 0 radical (unpaired) electrons. The highest BCUT2D eigenvalue weighted by Crippen LogP contribution is 2.33. The van der Waals surface area contributed by atoms with E-state index in [-0.39, 0.29) is 0 Å². The van der Waals surface area contributed by atoms with Gasteiger partial charge in [-0.1, -0.05) is 30.3 Å². The predicted molar refractivity (Wildman–Crippen MR) is 71.3 cm³/mol. The van der Waals surface area contributed by atoms with Crippen LogP contribution in [0.3, 0.4) is 0 Å². The number of fused-ring (bicyclic) bond motifs is 2. The fourth-order valence-electron chi connectivity index (χ4n) is 3.04. The maximum absolute atomic E-state index is 4.78. The van der Waals surface area contributed by atoms with Crippen molar-refractivity contribution < 1.29 is 0 Å². The molecule has 4 rings (SSSR count). The van der Waals surface area contributed by atoms with Gasteiger partial charge in [0.25, 0.3) is 0 Å². The van der Waals surface area contributed by atoms with E-state index in [0.29, 0.717) is 0 Å². The number of benzene rings is 2. The number of nitrogens with zero attached hydrogens (tertiary/aromatic N) is 1. The number of pyridine rings is 1. The van der Waals surface area contributed by atoms with Crippen LogP contribution < -0.4 is 0 Å². The Morgan fingerprint density at radius 3 is 2.71 bits per heavy atom. The average molecular weight is 219 g/mol. The van der Waals surface area contributed by atoms with Crippen molar-refractivity contribution in [2.24, 2.45) is 0 Å². The quantitative estimate of drug-likeness (QED) is 0.523. The zero-order valence-electron chi connectivity index (χ0n) is 9.61. The van der Waals surface area contributed by atoms with E-state index in [1.54, 1.807) is 0 Å². The van der Waals surface area contributed by atoms with Crippen LogP contribution in [0.25, 0.3) is 21.8 Å². The molecule has 2 aromatic carbocycles. The molecule has 0 unspecified atom stereocenters. The Balaban J connectivity index is 2.30. The molecule has 82 valence electrons. The minimum atomic E-state index is 1.13. The minimum absolute atomic E-state index is 1.13. The molecule has 1 aliphatic rings. The first-order chi connectivity index (χ1) is 8.43. The van der Waals surface area contributed by atoms with E-state index in [4.69, 9.17) is 4.98 Å². The molecule has 0 saturated heterocycles. The van der Waals surface area contributed by atoms with E-state index >= 15 is 0 Å². The zero-order valence-corrected chi connectivity index (χ0v) is 9.61. The van der Waals surface area contributed by atoms with Gasteiger partial charge < -0.3 is 0 Å². The number of rotatable bonds is 0. The summed E-state index contributed by atoms with van der Waals surface area (Å²) < 4.78 is 0. The van der Waals surface area contributed by atoms with Crippen LogP contribution in [-0.2, 0) is 12.8 Å². The second-order valence-electron chi connectivity index (χ2n) is 4.77. The van der Waals surface area contributed by atoms with E-state index in [1.807, 2.05) is 0 Å². The maximum atomic E-state index is 4.78. The lowest BCUT2D eigenvalue weighted by molar-refractivity contribution is 0.812. The van der Waals surface area contributed by atoms with Crippen molar-refractivity contribution >= 4 is 21.8 Å². The summed E-state index contributed by atoms with van der Waals surface area (Å²) in [5.74, 6) is 0. The number of hydrogen-bond acceptors (Lipinski definition) is 1. The van der Waals surface area contributed by atoms with E-state index < -0.39 is 0 Å². The lowest BCUT2D eigenvalue weighted by Gasteiger charge is -2.18. The molecule has 0 atom stereocenters. The second kappa shape index (κ2) is 3.30. The van der Waals surface area contributed by atoms with E-state index in [2.05, 4.69) is 42.5 Å². The summed E-state index contributed by atoms with van der Waals surface area (Å²) in [6, 6.07) is 15.0. The summed E-state index contributed by atoms with van der Waals surface area (Å²) in [7, 11) is 0. The minimum Gasteiger partial charge on any atom is -0.248 e. The summed E-state index contributed by atoms with van der Waals surface area (Å²) in [6.45, 7) is 0. The van der Waals surface area contributed by atoms with Crippen LogP contribution in [0.5, 0.6) is 0 Å². The van der Waals surface area contributed by atoms with Crippen LogP contribution in [0.1, 0.15) is 17.5 Å². The fraction of sp³-hybridized carbons (Fsp3) is 0.188. The Hall–Kier alpha value is -1.89. The molecule has 0 bridgehead atoms. The largest absolute Gasteiger partial charge is 0.248 e.